The van der Waals surface area contributed by atoms with Gasteiger partial charge in [-0.1, -0.05) is 30.3 Å². The second-order valence-corrected chi connectivity index (χ2v) is 3.19. The van der Waals surface area contributed by atoms with Crippen molar-refractivity contribution in [2.75, 3.05) is 0 Å². The normalized spacial score (nSPS) is 12.3. The van der Waals surface area contributed by atoms with Crippen molar-refractivity contribution in [1.29, 1.82) is 0 Å². The Hall–Kier alpha value is -1.87. The van der Waals surface area contributed by atoms with Gasteiger partial charge in [0.15, 0.2) is 5.43 Å². The van der Waals surface area contributed by atoms with E-state index < -0.39 is 6.10 Å². The lowest BCUT2D eigenvalue weighted by Crippen LogP contribution is -2.12. The Morgan fingerprint density at radius 3 is 2.53 bits per heavy atom. The van der Waals surface area contributed by atoms with Crippen molar-refractivity contribution >= 4 is 0 Å². The van der Waals surface area contributed by atoms with Crippen LogP contribution in [0.3, 0.4) is 0 Å². The molecule has 76 valence electrons. The maximum atomic E-state index is 11.4. The molecule has 0 amide bonds. The fourth-order valence-electron chi connectivity index (χ4n) is 1.38. The Morgan fingerprint density at radius 1 is 1.13 bits per heavy atom. The Morgan fingerprint density at radius 2 is 1.87 bits per heavy atom. The van der Waals surface area contributed by atoms with Gasteiger partial charge in [0.1, 0.15) is 12.4 Å². The highest BCUT2D eigenvalue weighted by molar-refractivity contribution is 5.26. The summed E-state index contributed by atoms with van der Waals surface area (Å²) in [5, 5.41) is 9.91. The Kier molecular flexibility index (Phi) is 2.65. The largest absolute Gasteiger partial charge is 0.472 e. The van der Waals surface area contributed by atoms with Crippen molar-refractivity contribution in [2.24, 2.45) is 0 Å². The minimum atomic E-state index is -0.927. The zero-order valence-corrected chi connectivity index (χ0v) is 7.96. The second kappa shape index (κ2) is 4.11. The Labute approximate surface area is 86.6 Å². The van der Waals surface area contributed by atoms with Gasteiger partial charge >= 0.3 is 0 Å². The average molecular weight is 202 g/mol. The van der Waals surface area contributed by atoms with Gasteiger partial charge in [-0.2, -0.15) is 0 Å². The minimum Gasteiger partial charge on any atom is -0.472 e. The Bertz CT molecular complexity index is 487. The summed E-state index contributed by atoms with van der Waals surface area (Å²) < 4.78 is 4.87. The predicted octanol–water partition coefficient (Wildman–Crippen LogP) is 1.72. The molecule has 2 aromatic rings. The number of rotatable bonds is 2. The summed E-state index contributed by atoms with van der Waals surface area (Å²) in [7, 11) is 0. The highest BCUT2D eigenvalue weighted by Crippen LogP contribution is 2.17. The van der Waals surface area contributed by atoms with Crippen molar-refractivity contribution in [1.82, 2.24) is 0 Å². The molecule has 1 unspecified atom stereocenters. The highest BCUT2D eigenvalue weighted by Gasteiger charge is 2.13. The molecule has 2 rings (SSSR count). The van der Waals surface area contributed by atoms with Crippen LogP contribution in [0.25, 0.3) is 0 Å². The molecule has 3 heteroatoms. The molecule has 0 saturated heterocycles. The van der Waals surface area contributed by atoms with E-state index in [-0.39, 0.29) is 11.0 Å². The summed E-state index contributed by atoms with van der Waals surface area (Å²) in [6.45, 7) is 0. The van der Waals surface area contributed by atoms with Crippen LogP contribution >= 0.6 is 0 Å². The molecule has 0 aliphatic heterocycles. The molecule has 3 nitrogen and oxygen atoms in total. The summed E-state index contributed by atoms with van der Waals surface area (Å²) in [5.74, 6) is 0. The summed E-state index contributed by atoms with van der Waals surface area (Å²) in [4.78, 5) is 11.4. The van der Waals surface area contributed by atoms with Gasteiger partial charge in [0.2, 0.25) is 0 Å². The number of aliphatic hydroxyl groups excluding tert-OH is 1. The quantitative estimate of drug-likeness (QED) is 0.806. The Balaban J connectivity index is 2.42. The number of hydrogen-bond donors (Lipinski definition) is 1. The third kappa shape index (κ3) is 1.97. The molecule has 0 radical (unpaired) electrons. The van der Waals surface area contributed by atoms with E-state index in [9.17, 15) is 9.90 Å². The van der Waals surface area contributed by atoms with E-state index in [2.05, 4.69) is 0 Å². The number of aliphatic hydroxyl groups is 1. The van der Waals surface area contributed by atoms with Crippen molar-refractivity contribution in [3.05, 3.63) is 70.3 Å². The van der Waals surface area contributed by atoms with Crippen LogP contribution in [0, 0.1) is 0 Å². The van der Waals surface area contributed by atoms with E-state index >= 15 is 0 Å². The molecular formula is C12H10O3. The van der Waals surface area contributed by atoms with Gasteiger partial charge in [-0.15, -0.1) is 0 Å². The van der Waals surface area contributed by atoms with Crippen molar-refractivity contribution < 1.29 is 9.52 Å². The predicted molar refractivity (Wildman–Crippen MR) is 55.5 cm³/mol. The SMILES string of the molecule is O=c1ccocc1C(O)c1ccccc1. The standard InChI is InChI=1S/C12H10O3/c13-11-6-7-15-8-10(11)12(14)9-4-2-1-3-5-9/h1-8,12,14H. The molecular weight excluding hydrogens is 192 g/mol. The molecule has 0 saturated carbocycles. The van der Waals surface area contributed by atoms with E-state index in [0.29, 0.717) is 5.56 Å². The van der Waals surface area contributed by atoms with Gasteiger partial charge in [0, 0.05) is 6.07 Å². The molecule has 0 aliphatic carbocycles. The summed E-state index contributed by atoms with van der Waals surface area (Å²) >= 11 is 0. The van der Waals surface area contributed by atoms with E-state index in [1.54, 1.807) is 12.1 Å². The number of hydrogen-bond acceptors (Lipinski definition) is 3. The van der Waals surface area contributed by atoms with Crippen molar-refractivity contribution in [3.63, 3.8) is 0 Å². The second-order valence-electron chi connectivity index (χ2n) is 3.19. The van der Waals surface area contributed by atoms with Crippen LogP contribution in [-0.2, 0) is 0 Å². The molecule has 0 aliphatic rings. The number of benzene rings is 1. The molecule has 1 atom stereocenters. The van der Waals surface area contributed by atoms with E-state index in [1.807, 2.05) is 18.2 Å². The average Bonchev–Trinajstić information content (AvgIpc) is 2.30. The van der Waals surface area contributed by atoms with Gasteiger partial charge < -0.3 is 9.52 Å². The maximum Gasteiger partial charge on any atom is 0.190 e. The monoisotopic (exact) mass is 202 g/mol. The van der Waals surface area contributed by atoms with Gasteiger partial charge in [0.05, 0.1) is 11.8 Å². The zero-order chi connectivity index (χ0) is 10.7. The maximum absolute atomic E-state index is 11.4. The van der Waals surface area contributed by atoms with Crippen LogP contribution in [0.5, 0.6) is 0 Å². The van der Waals surface area contributed by atoms with Crippen LogP contribution < -0.4 is 5.43 Å². The topological polar surface area (TPSA) is 50.4 Å². The summed E-state index contributed by atoms with van der Waals surface area (Å²) in [6.07, 6.45) is 1.65. The van der Waals surface area contributed by atoms with Crippen LogP contribution in [0.4, 0.5) is 0 Å². The van der Waals surface area contributed by atoms with Gasteiger partial charge in [-0.05, 0) is 5.56 Å². The molecule has 0 spiro atoms. The van der Waals surface area contributed by atoms with E-state index in [0.717, 1.165) is 0 Å². The molecule has 0 fully saturated rings. The molecule has 1 N–H and O–H groups in total. The van der Waals surface area contributed by atoms with Gasteiger partial charge in [0.25, 0.3) is 0 Å². The summed E-state index contributed by atoms with van der Waals surface area (Å²) in [5.41, 5.74) is 0.706. The molecule has 0 bridgehead atoms. The van der Waals surface area contributed by atoms with E-state index in [1.165, 1.54) is 18.6 Å². The first kappa shape index (κ1) is 9.68. The molecule has 1 aromatic carbocycles. The first-order chi connectivity index (χ1) is 7.29. The van der Waals surface area contributed by atoms with Crippen LogP contribution in [0.1, 0.15) is 17.2 Å². The van der Waals surface area contributed by atoms with Gasteiger partial charge in [-0.25, -0.2) is 0 Å². The fourth-order valence-corrected chi connectivity index (χ4v) is 1.38. The lowest BCUT2D eigenvalue weighted by atomic mass is 10.0. The third-order valence-corrected chi connectivity index (χ3v) is 2.19. The first-order valence-corrected chi connectivity index (χ1v) is 4.58. The molecule has 1 heterocycles. The minimum absolute atomic E-state index is 0.224. The smallest absolute Gasteiger partial charge is 0.190 e. The molecule has 15 heavy (non-hydrogen) atoms. The van der Waals surface area contributed by atoms with Crippen LogP contribution in [0.2, 0.25) is 0 Å². The summed E-state index contributed by atoms with van der Waals surface area (Å²) in [6, 6.07) is 10.3. The van der Waals surface area contributed by atoms with Crippen molar-refractivity contribution in [3.8, 4) is 0 Å². The van der Waals surface area contributed by atoms with Crippen LogP contribution in [-0.4, -0.2) is 5.11 Å². The van der Waals surface area contributed by atoms with Gasteiger partial charge in [-0.3, -0.25) is 4.79 Å². The molecule has 1 aromatic heterocycles. The fraction of sp³-hybridized carbons (Fsp3) is 0.0833. The van der Waals surface area contributed by atoms with E-state index in [4.69, 9.17) is 4.42 Å². The third-order valence-electron chi connectivity index (χ3n) is 2.19. The highest BCUT2D eigenvalue weighted by atomic mass is 16.3. The lowest BCUT2D eigenvalue weighted by molar-refractivity contribution is 0.216. The first-order valence-electron chi connectivity index (χ1n) is 4.58. The zero-order valence-electron chi connectivity index (χ0n) is 7.96. The lowest BCUT2D eigenvalue weighted by Gasteiger charge is -2.08. The van der Waals surface area contributed by atoms with Crippen LogP contribution in [0.15, 0.2) is 58.1 Å². The van der Waals surface area contributed by atoms with Crippen molar-refractivity contribution in [2.45, 2.75) is 6.10 Å².